The van der Waals surface area contributed by atoms with Crippen molar-refractivity contribution >= 4 is 29.3 Å². The zero-order valence-electron chi connectivity index (χ0n) is 40.4. The standard InChI is InChI=1S/C57H63N6O8/c1-3-42-30-47-40-11-7-10-36(26-40)14-21-46-52-51(49(67)31-50(71-52)39-16-19-44(65)20-17-39)54(69-25-22-45(66)18-13-35-8-5-4-6-9-35)55(68-2)53(46)70-34-38(33-64)27-41-15-12-37(29-48(41)62-57(58)59)28-43-32-60-23-24-63(43)56(47)61-42/h4-13,15-20,26,29-30,38,43,45,50,60,64-66H,3,14,21-25,27-28,31-34H2,1-2H3,(H4,58,59,62)/q-1/p+1. The number of aliphatic hydroxyl groups excluding tert-OH is 2. The lowest BCUT2D eigenvalue weighted by Crippen LogP contribution is -2.52. The van der Waals surface area contributed by atoms with Crippen molar-refractivity contribution in [1.82, 2.24) is 10.3 Å². The van der Waals surface area contributed by atoms with Gasteiger partial charge in [-0.3, -0.25) is 4.79 Å². The molecule has 14 heteroatoms. The van der Waals surface area contributed by atoms with Crippen LogP contribution in [0, 0.1) is 5.92 Å². The van der Waals surface area contributed by atoms with Gasteiger partial charge in [0.05, 0.1) is 32.1 Å². The molecule has 5 heterocycles. The van der Waals surface area contributed by atoms with Crippen molar-refractivity contribution < 1.29 is 39.1 Å². The van der Waals surface area contributed by atoms with E-state index in [-0.39, 0.29) is 67.7 Å². The number of carbonyl (C=O) groups excluding carboxylic acids is 1. The van der Waals surface area contributed by atoms with Gasteiger partial charge in [-0.2, -0.15) is 0 Å². The van der Waals surface area contributed by atoms with E-state index in [1.165, 1.54) is 7.11 Å². The van der Waals surface area contributed by atoms with Crippen molar-refractivity contribution in [2.24, 2.45) is 22.4 Å². The number of aliphatic imine (C=N–C) groups is 1. The quantitative estimate of drug-likeness (QED) is 0.0436. The van der Waals surface area contributed by atoms with Gasteiger partial charge in [-0.15, -0.1) is 0 Å². The van der Waals surface area contributed by atoms with Crippen LogP contribution < -0.4 is 45.6 Å². The van der Waals surface area contributed by atoms with Gasteiger partial charge in [-0.1, -0.05) is 116 Å². The van der Waals surface area contributed by atoms with Gasteiger partial charge < -0.3 is 60.9 Å². The van der Waals surface area contributed by atoms with Crippen LogP contribution in [0.25, 0.3) is 17.2 Å². The third-order valence-electron chi connectivity index (χ3n) is 13.6. The topological polar surface area (TPSA) is 213 Å². The van der Waals surface area contributed by atoms with Gasteiger partial charge in [0.15, 0.2) is 23.0 Å². The number of rotatable bonds is 11. The number of nitrogens with zero attached hydrogens (tertiary/aromatic N) is 3. The number of aromatic nitrogens is 1. The molecule has 1 aromatic heterocycles. The molecule has 71 heavy (non-hydrogen) atoms. The fourth-order valence-corrected chi connectivity index (χ4v) is 9.88. The number of ketones is 1. The summed E-state index contributed by atoms with van der Waals surface area (Å²) in [4.78, 5) is 24.5. The second-order valence-electron chi connectivity index (χ2n) is 18.6. The minimum absolute atomic E-state index is 0.0245. The lowest BCUT2D eigenvalue weighted by atomic mass is 9.90. The Morgan fingerprint density at radius 1 is 0.958 bits per heavy atom. The van der Waals surface area contributed by atoms with Crippen LogP contribution in [-0.4, -0.2) is 90.6 Å². The van der Waals surface area contributed by atoms with E-state index < -0.39 is 18.1 Å². The summed E-state index contributed by atoms with van der Waals surface area (Å²) in [6, 6.07) is 33.5. The molecule has 4 unspecified atom stereocenters. The summed E-state index contributed by atoms with van der Waals surface area (Å²) in [6.45, 7) is 4.39. The van der Waals surface area contributed by atoms with E-state index in [0.717, 1.165) is 82.9 Å². The van der Waals surface area contributed by atoms with Gasteiger partial charge in [-0.25, -0.2) is 4.99 Å². The third kappa shape index (κ3) is 11.2. The number of aryl methyl sites for hydroxylation is 2. The predicted octanol–water partition coefficient (Wildman–Crippen LogP) is 7.10. The Bertz CT molecular complexity index is 2880. The molecule has 370 valence electrons. The number of nitrogens with one attached hydrogen (secondary N) is 1. The van der Waals surface area contributed by atoms with Crippen LogP contribution in [0.5, 0.6) is 28.7 Å². The maximum atomic E-state index is 12.2. The number of aliphatic hydroxyl groups is 2. The Kier molecular flexibility index (Phi) is 15.3. The second kappa shape index (κ2) is 22.2. The summed E-state index contributed by atoms with van der Waals surface area (Å²) in [5.74, 6) is 1.75. The molecule has 0 aliphatic carbocycles. The fraction of sp³-hybridized carbons (Fsp3) is 0.333. The number of guanidine groups is 1. The molecule has 0 spiro atoms. The van der Waals surface area contributed by atoms with Gasteiger partial charge in [0.1, 0.15) is 24.0 Å². The first-order valence-electron chi connectivity index (χ1n) is 24.6. The van der Waals surface area contributed by atoms with E-state index in [0.29, 0.717) is 47.6 Å². The molecular weight excluding hydrogens is 897 g/mol. The van der Waals surface area contributed by atoms with Crippen molar-refractivity contribution in [2.45, 2.75) is 70.1 Å². The highest BCUT2D eigenvalue weighted by Gasteiger charge is 2.41. The minimum atomic E-state index is -0.834. The fourth-order valence-electron chi connectivity index (χ4n) is 9.88. The van der Waals surface area contributed by atoms with Gasteiger partial charge in [0, 0.05) is 24.5 Å². The summed E-state index contributed by atoms with van der Waals surface area (Å²) in [5.41, 5.74) is 21.5. The highest BCUT2D eigenvalue weighted by Crippen LogP contribution is 2.53. The lowest BCUT2D eigenvalue weighted by molar-refractivity contribution is 0.153. The van der Waals surface area contributed by atoms with E-state index in [9.17, 15) is 20.1 Å². The molecule has 5 aromatic carbocycles. The number of anilines is 1. The Morgan fingerprint density at radius 2 is 1.79 bits per heavy atom. The summed E-state index contributed by atoms with van der Waals surface area (Å²) in [5, 5.41) is 35.9. The number of fused-ring (bicyclic) bond motifs is 7. The van der Waals surface area contributed by atoms with Crippen LogP contribution in [0.3, 0.4) is 0 Å². The predicted molar refractivity (Wildman–Crippen MR) is 278 cm³/mol. The van der Waals surface area contributed by atoms with Crippen LogP contribution in [0.15, 0.2) is 114 Å². The molecular formula is C57H64N6O8. The molecule has 0 saturated carbocycles. The molecule has 10 rings (SSSR count). The molecule has 4 aliphatic rings. The maximum absolute atomic E-state index is 12.2. The van der Waals surface area contributed by atoms with Gasteiger partial charge in [0.25, 0.3) is 0 Å². The lowest BCUT2D eigenvalue weighted by Gasteiger charge is -2.45. The number of nitrogens with two attached hydrogens (primary N) is 2. The number of phenols is 1. The summed E-state index contributed by atoms with van der Waals surface area (Å²) >= 11 is 0. The highest BCUT2D eigenvalue weighted by atomic mass is 16.5. The number of ether oxygens (including phenoxy) is 4. The Labute approximate surface area is 414 Å². The van der Waals surface area contributed by atoms with Crippen molar-refractivity contribution in [3.05, 3.63) is 154 Å². The van der Waals surface area contributed by atoms with E-state index in [1.807, 2.05) is 48.5 Å². The zero-order valence-corrected chi connectivity index (χ0v) is 40.4. The monoisotopic (exact) mass is 960 g/mol. The van der Waals surface area contributed by atoms with Crippen molar-refractivity contribution in [1.29, 1.82) is 0 Å². The summed E-state index contributed by atoms with van der Waals surface area (Å²) in [6.07, 6.45) is 5.28. The van der Waals surface area contributed by atoms with Gasteiger partial charge >= 0.3 is 5.78 Å². The van der Waals surface area contributed by atoms with Crippen molar-refractivity contribution in [3.63, 3.8) is 0 Å². The molecule has 4 bridgehead atoms. The van der Waals surface area contributed by atoms with Gasteiger partial charge in [0.2, 0.25) is 5.75 Å². The Balaban J connectivity index is 1.17. The molecule has 1 fully saturated rings. The average molecular weight is 961 g/mol. The molecule has 9 N–H and O–H groups in total. The van der Waals surface area contributed by atoms with E-state index in [4.69, 9.17) is 35.4 Å². The molecule has 6 aromatic rings. The maximum Gasteiger partial charge on any atom is 0.335 e. The van der Waals surface area contributed by atoms with Crippen LogP contribution in [0.1, 0.15) is 70.5 Å². The number of piperazine rings is 1. The van der Waals surface area contributed by atoms with E-state index in [2.05, 4.69) is 58.5 Å². The van der Waals surface area contributed by atoms with Crippen LogP contribution >= 0.6 is 0 Å². The molecule has 4 atom stereocenters. The van der Waals surface area contributed by atoms with Crippen LogP contribution in [0.2, 0.25) is 0 Å². The Hall–Kier alpha value is -7.26. The largest absolute Gasteiger partial charge is 0.508 e. The van der Waals surface area contributed by atoms with Crippen LogP contribution in [-0.2, 0) is 32.1 Å². The number of hydrogen-bond donors (Lipinski definition) is 6. The smallest absolute Gasteiger partial charge is 0.335 e. The molecule has 0 amide bonds. The van der Waals surface area contributed by atoms with Crippen LogP contribution in [0.4, 0.5) is 11.5 Å². The molecule has 0 radical (unpaired) electrons. The highest BCUT2D eigenvalue weighted by molar-refractivity contribution is 6.05. The first-order valence-corrected chi connectivity index (χ1v) is 24.6. The van der Waals surface area contributed by atoms with E-state index >= 15 is 0 Å². The number of methoxy groups -OCH3 is 1. The first kappa shape index (κ1) is 48.8. The number of phenolic OH excluding ortho intramolecular Hbond substituents is 1. The van der Waals surface area contributed by atoms with E-state index in [1.54, 1.807) is 30.3 Å². The molecule has 14 nitrogen and oxygen atoms in total. The second-order valence-corrected chi connectivity index (χ2v) is 18.6. The zero-order chi connectivity index (χ0) is 49.4. The third-order valence-corrected chi connectivity index (χ3v) is 13.6. The number of benzene rings is 5. The summed E-state index contributed by atoms with van der Waals surface area (Å²) in [7, 11) is 1.53. The SMILES string of the molecule is CCc1cc2c([n-]1)N1CCNCC1Cc1ccc(c(N=C(N)N)c1)CC(CO)COc1c(c3c(c(OCCC(O)C=Cc4ccccc4)c1OC)C(=[OH+])CC(c1ccc(O)cc1)O3)CCc1cccc-2c1. The Morgan fingerprint density at radius 3 is 2.56 bits per heavy atom. The first-order chi connectivity index (χ1) is 34.6. The van der Waals surface area contributed by atoms with Crippen molar-refractivity contribution in [2.75, 3.05) is 51.5 Å². The number of hydrogen-bond acceptors (Lipinski definition) is 10. The molecule has 4 aliphatic heterocycles. The minimum Gasteiger partial charge on any atom is -0.508 e. The summed E-state index contributed by atoms with van der Waals surface area (Å²) < 4.78 is 26.7. The number of aromatic hydroxyl groups is 1. The van der Waals surface area contributed by atoms with Crippen molar-refractivity contribution in [3.8, 4) is 39.9 Å². The average Bonchev–Trinajstić information content (AvgIpc) is 3.82. The van der Waals surface area contributed by atoms with Gasteiger partial charge in [-0.05, 0) is 115 Å². The molecule has 1 saturated heterocycles. The normalized spacial score (nSPS) is 18.5.